The van der Waals surface area contributed by atoms with Crippen molar-refractivity contribution in [3.8, 4) is 0 Å². The molecule has 2 aromatic rings. The standard InChI is InChI=1S/C19H24N4O5/c1-4-22-16-15(17(26)21-19(22)28)12(9-13(20-16)10(2)3)18(27)23-7-5-6-11(23)8-14(24)25/h9-11H,4-8H2,1-3H3,(H,24,25)(H,21,26,28). The average molecular weight is 388 g/mol. The van der Waals surface area contributed by atoms with E-state index in [2.05, 4.69) is 9.97 Å². The van der Waals surface area contributed by atoms with E-state index in [0.29, 0.717) is 31.6 Å². The molecule has 1 atom stereocenters. The molecule has 2 N–H and O–H groups in total. The third-order valence-corrected chi connectivity index (χ3v) is 5.15. The van der Waals surface area contributed by atoms with Gasteiger partial charge in [-0.05, 0) is 31.7 Å². The van der Waals surface area contributed by atoms with E-state index in [4.69, 9.17) is 5.11 Å². The van der Waals surface area contributed by atoms with Gasteiger partial charge in [0.15, 0.2) is 5.65 Å². The van der Waals surface area contributed by atoms with Gasteiger partial charge in [0, 0.05) is 24.8 Å². The van der Waals surface area contributed by atoms with Gasteiger partial charge in [0.25, 0.3) is 11.5 Å². The maximum absolute atomic E-state index is 13.3. The molecule has 1 aliphatic rings. The Morgan fingerprint density at radius 3 is 2.68 bits per heavy atom. The summed E-state index contributed by atoms with van der Waals surface area (Å²) in [5, 5.41) is 9.20. The molecule has 1 aliphatic heterocycles. The SMILES string of the molecule is CCn1c(=O)[nH]c(=O)c2c(C(=O)N3CCCC3CC(=O)O)cc(C(C)C)nc21. The molecular formula is C19H24N4O5. The van der Waals surface area contributed by atoms with E-state index in [-0.39, 0.29) is 28.9 Å². The van der Waals surface area contributed by atoms with Crippen molar-refractivity contribution >= 4 is 22.9 Å². The number of aliphatic carboxylic acids is 1. The molecule has 0 radical (unpaired) electrons. The largest absolute Gasteiger partial charge is 0.481 e. The lowest BCUT2D eigenvalue weighted by Crippen LogP contribution is -2.38. The highest BCUT2D eigenvalue weighted by atomic mass is 16.4. The van der Waals surface area contributed by atoms with Gasteiger partial charge in [-0.25, -0.2) is 9.78 Å². The number of nitrogens with one attached hydrogen (secondary N) is 1. The number of fused-ring (bicyclic) bond motifs is 1. The summed E-state index contributed by atoms with van der Waals surface area (Å²) >= 11 is 0. The van der Waals surface area contributed by atoms with Crippen molar-refractivity contribution in [2.24, 2.45) is 0 Å². The van der Waals surface area contributed by atoms with Gasteiger partial charge in [0.2, 0.25) is 0 Å². The number of amides is 1. The second-order valence-electron chi connectivity index (χ2n) is 7.34. The van der Waals surface area contributed by atoms with Gasteiger partial charge in [0.1, 0.15) is 0 Å². The Balaban J connectivity index is 2.24. The summed E-state index contributed by atoms with van der Waals surface area (Å²) in [6.07, 6.45) is 1.18. The predicted molar refractivity (Wildman–Crippen MR) is 103 cm³/mol. The Morgan fingerprint density at radius 1 is 1.36 bits per heavy atom. The fourth-order valence-electron chi connectivity index (χ4n) is 3.72. The molecule has 1 saturated heterocycles. The molecule has 0 aliphatic carbocycles. The van der Waals surface area contributed by atoms with Crippen molar-refractivity contribution in [1.82, 2.24) is 19.4 Å². The molecule has 0 saturated carbocycles. The zero-order chi connectivity index (χ0) is 20.6. The number of carboxylic acid groups (broad SMARTS) is 1. The van der Waals surface area contributed by atoms with Gasteiger partial charge < -0.3 is 10.0 Å². The van der Waals surface area contributed by atoms with Gasteiger partial charge in [-0.1, -0.05) is 13.8 Å². The molecule has 0 spiro atoms. The van der Waals surface area contributed by atoms with Crippen LogP contribution in [0.1, 0.15) is 62.0 Å². The third-order valence-electron chi connectivity index (χ3n) is 5.15. The van der Waals surface area contributed by atoms with Crippen molar-refractivity contribution in [2.45, 2.75) is 58.5 Å². The smallest absolute Gasteiger partial charge is 0.329 e. The van der Waals surface area contributed by atoms with Crippen LogP contribution in [0.25, 0.3) is 11.0 Å². The first-order valence-electron chi connectivity index (χ1n) is 9.45. The van der Waals surface area contributed by atoms with Gasteiger partial charge in [-0.3, -0.25) is 23.9 Å². The van der Waals surface area contributed by atoms with E-state index in [1.54, 1.807) is 13.0 Å². The van der Waals surface area contributed by atoms with Crippen LogP contribution in [0.5, 0.6) is 0 Å². The molecule has 9 nitrogen and oxygen atoms in total. The number of H-pyrrole nitrogens is 1. The molecule has 0 aromatic carbocycles. The normalized spacial score (nSPS) is 16.9. The fraction of sp³-hybridized carbons (Fsp3) is 0.526. The molecule has 3 heterocycles. The highest BCUT2D eigenvalue weighted by molar-refractivity contribution is 6.05. The number of carbonyl (C=O) groups is 2. The van der Waals surface area contributed by atoms with Crippen molar-refractivity contribution in [3.63, 3.8) is 0 Å². The number of carboxylic acids is 1. The molecule has 3 rings (SSSR count). The van der Waals surface area contributed by atoms with Gasteiger partial charge in [-0.15, -0.1) is 0 Å². The maximum Gasteiger partial charge on any atom is 0.329 e. The number of nitrogens with zero attached hydrogens (tertiary/aromatic N) is 3. The van der Waals surface area contributed by atoms with Crippen molar-refractivity contribution in [1.29, 1.82) is 0 Å². The van der Waals surface area contributed by atoms with E-state index in [0.717, 1.165) is 0 Å². The molecule has 1 unspecified atom stereocenters. The van der Waals surface area contributed by atoms with E-state index in [9.17, 15) is 19.2 Å². The summed E-state index contributed by atoms with van der Waals surface area (Å²) in [4.78, 5) is 57.5. The first-order valence-corrected chi connectivity index (χ1v) is 9.45. The van der Waals surface area contributed by atoms with E-state index in [1.807, 2.05) is 13.8 Å². The predicted octanol–water partition coefficient (Wildman–Crippen LogP) is 1.31. The van der Waals surface area contributed by atoms with Gasteiger partial charge in [-0.2, -0.15) is 0 Å². The number of likely N-dealkylation sites (tertiary alicyclic amines) is 1. The number of aromatic nitrogens is 3. The van der Waals surface area contributed by atoms with Crippen LogP contribution in [0.4, 0.5) is 0 Å². The Hall–Kier alpha value is -2.97. The number of rotatable bonds is 5. The number of hydrogen-bond donors (Lipinski definition) is 2. The highest BCUT2D eigenvalue weighted by Crippen LogP contribution is 2.26. The summed E-state index contributed by atoms with van der Waals surface area (Å²) in [6, 6.07) is 1.18. The van der Waals surface area contributed by atoms with Crippen molar-refractivity contribution in [2.75, 3.05) is 6.54 Å². The fourth-order valence-corrected chi connectivity index (χ4v) is 3.72. The first kappa shape index (κ1) is 19.8. The van der Waals surface area contributed by atoms with Crippen LogP contribution in [0.2, 0.25) is 0 Å². The minimum atomic E-state index is -0.968. The second kappa shape index (κ2) is 7.57. The van der Waals surface area contributed by atoms with Crippen LogP contribution >= 0.6 is 0 Å². The minimum Gasteiger partial charge on any atom is -0.481 e. The Bertz CT molecular complexity index is 1050. The number of hydrogen-bond acceptors (Lipinski definition) is 5. The van der Waals surface area contributed by atoms with Crippen LogP contribution in [-0.4, -0.2) is 49.0 Å². The van der Waals surface area contributed by atoms with Crippen LogP contribution < -0.4 is 11.2 Å². The van der Waals surface area contributed by atoms with E-state index in [1.165, 1.54) is 9.47 Å². The number of aryl methyl sites for hydroxylation is 1. The molecule has 1 amide bonds. The lowest BCUT2D eigenvalue weighted by molar-refractivity contribution is -0.137. The maximum atomic E-state index is 13.3. The van der Waals surface area contributed by atoms with Crippen LogP contribution in [0.15, 0.2) is 15.7 Å². The van der Waals surface area contributed by atoms with Crippen molar-refractivity contribution in [3.05, 3.63) is 38.2 Å². The topological polar surface area (TPSA) is 125 Å². The minimum absolute atomic E-state index is 0.0240. The third kappa shape index (κ3) is 3.44. The lowest BCUT2D eigenvalue weighted by Gasteiger charge is -2.24. The van der Waals surface area contributed by atoms with Crippen LogP contribution in [-0.2, 0) is 11.3 Å². The zero-order valence-electron chi connectivity index (χ0n) is 16.2. The molecule has 28 heavy (non-hydrogen) atoms. The summed E-state index contributed by atoms with van der Waals surface area (Å²) in [5.74, 6) is -1.39. The molecule has 9 heteroatoms. The molecule has 150 valence electrons. The lowest BCUT2D eigenvalue weighted by atomic mass is 10.0. The number of pyridine rings is 1. The molecule has 2 aromatic heterocycles. The summed E-state index contributed by atoms with van der Waals surface area (Å²) in [7, 11) is 0. The Morgan fingerprint density at radius 2 is 2.07 bits per heavy atom. The molecule has 1 fully saturated rings. The average Bonchev–Trinajstić information content (AvgIpc) is 3.07. The molecular weight excluding hydrogens is 364 g/mol. The zero-order valence-corrected chi connectivity index (χ0v) is 16.2. The quantitative estimate of drug-likeness (QED) is 0.795. The van der Waals surface area contributed by atoms with Crippen LogP contribution in [0.3, 0.4) is 0 Å². The van der Waals surface area contributed by atoms with Crippen molar-refractivity contribution < 1.29 is 14.7 Å². The summed E-state index contributed by atoms with van der Waals surface area (Å²) in [5.41, 5.74) is -0.298. The van der Waals surface area contributed by atoms with Gasteiger partial charge in [0.05, 0.1) is 17.4 Å². The Kier molecular flexibility index (Phi) is 5.35. The molecule has 0 bridgehead atoms. The van der Waals surface area contributed by atoms with E-state index >= 15 is 0 Å². The monoisotopic (exact) mass is 388 g/mol. The number of carbonyl (C=O) groups excluding carboxylic acids is 1. The highest BCUT2D eigenvalue weighted by Gasteiger charge is 2.33. The first-order chi connectivity index (χ1) is 13.2. The Labute approximate surface area is 161 Å². The second-order valence-corrected chi connectivity index (χ2v) is 7.34. The number of aromatic amines is 1. The summed E-state index contributed by atoms with van der Waals surface area (Å²) in [6.45, 7) is 6.30. The summed E-state index contributed by atoms with van der Waals surface area (Å²) < 4.78 is 1.33. The van der Waals surface area contributed by atoms with Gasteiger partial charge >= 0.3 is 11.7 Å². The van der Waals surface area contributed by atoms with E-state index < -0.39 is 29.2 Å². The van der Waals surface area contributed by atoms with Crippen LogP contribution in [0, 0.1) is 0 Å².